The molecule has 220 valence electrons. The van der Waals surface area contributed by atoms with Crippen LogP contribution in [0.4, 0.5) is 5.69 Å². The van der Waals surface area contributed by atoms with Crippen LogP contribution >= 0.6 is 11.6 Å². The van der Waals surface area contributed by atoms with E-state index in [1.54, 1.807) is 67.8 Å². The molecule has 0 aliphatic rings. The van der Waals surface area contributed by atoms with Crippen molar-refractivity contribution >= 4 is 51.3 Å². The average Bonchev–Trinajstić information content (AvgIpc) is 3.48. The number of hydrogen-bond acceptors (Lipinski definition) is 8. The first-order chi connectivity index (χ1) is 21.4. The highest BCUT2D eigenvalue weighted by Gasteiger charge is 2.19. The molecule has 0 fully saturated rings. The summed E-state index contributed by atoms with van der Waals surface area (Å²) in [4.78, 5) is 31.1. The summed E-state index contributed by atoms with van der Waals surface area (Å²) in [5.74, 6) is 1.19. The Labute approximate surface area is 256 Å². The molecule has 0 bridgehead atoms. The SMILES string of the molecule is COc1cc(Cl)cc(C=Nn2c(-c3cc4c(OC)cccc4o3)nc3ccccc3c2=O)c1OCC(=O)Nc1ccccc1. The molecule has 0 aliphatic carbocycles. The van der Waals surface area contributed by atoms with Crippen molar-refractivity contribution in [3.05, 3.63) is 112 Å². The van der Waals surface area contributed by atoms with Gasteiger partial charge in [-0.1, -0.05) is 48.0 Å². The van der Waals surface area contributed by atoms with Crippen molar-refractivity contribution in [2.24, 2.45) is 5.10 Å². The van der Waals surface area contributed by atoms with E-state index in [4.69, 9.17) is 35.2 Å². The second-order valence-corrected chi connectivity index (χ2v) is 9.96. The van der Waals surface area contributed by atoms with E-state index in [1.807, 2.05) is 30.3 Å². The van der Waals surface area contributed by atoms with Crippen molar-refractivity contribution in [3.63, 3.8) is 0 Å². The van der Waals surface area contributed by atoms with Crippen LogP contribution in [-0.2, 0) is 4.79 Å². The van der Waals surface area contributed by atoms with Crippen molar-refractivity contribution < 1.29 is 23.4 Å². The summed E-state index contributed by atoms with van der Waals surface area (Å²) in [5, 5.41) is 8.70. The van der Waals surface area contributed by atoms with Crippen LogP contribution in [0.15, 0.2) is 105 Å². The number of aromatic nitrogens is 2. The highest BCUT2D eigenvalue weighted by Crippen LogP contribution is 2.35. The molecule has 0 saturated heterocycles. The zero-order valence-corrected chi connectivity index (χ0v) is 24.4. The van der Waals surface area contributed by atoms with E-state index >= 15 is 0 Å². The summed E-state index contributed by atoms with van der Waals surface area (Å²) in [5.41, 5.74) is 1.60. The molecule has 0 saturated carbocycles. The van der Waals surface area contributed by atoms with Crippen LogP contribution in [0.2, 0.25) is 5.02 Å². The highest BCUT2D eigenvalue weighted by atomic mass is 35.5. The van der Waals surface area contributed by atoms with E-state index in [1.165, 1.54) is 13.3 Å². The van der Waals surface area contributed by atoms with Crippen LogP contribution < -0.4 is 25.1 Å². The minimum atomic E-state index is -0.423. The summed E-state index contributed by atoms with van der Waals surface area (Å²) in [6, 6.07) is 26.3. The van der Waals surface area contributed by atoms with Gasteiger partial charge in [0.25, 0.3) is 11.5 Å². The van der Waals surface area contributed by atoms with Crippen molar-refractivity contribution in [2.45, 2.75) is 0 Å². The Morgan fingerprint density at radius 3 is 2.52 bits per heavy atom. The maximum Gasteiger partial charge on any atom is 0.282 e. The number of halogens is 1. The first-order valence-electron chi connectivity index (χ1n) is 13.4. The Balaban J connectivity index is 1.42. The standard InChI is InChI=1S/C33H25ClN4O6/c1-41-26-13-8-14-27-24(26)17-29(44-27)32-37-25-12-7-6-11-23(25)33(40)38(32)35-18-20-15-21(34)16-28(42-2)31(20)43-19-30(39)36-22-9-4-3-5-10-22/h3-18H,19H2,1-2H3,(H,36,39). The van der Waals surface area contributed by atoms with Gasteiger partial charge in [-0.25, -0.2) is 4.98 Å². The number of amides is 1. The van der Waals surface area contributed by atoms with Gasteiger partial charge in [0.1, 0.15) is 11.3 Å². The van der Waals surface area contributed by atoms with E-state index in [-0.39, 0.29) is 29.8 Å². The molecule has 0 atom stereocenters. The fourth-order valence-electron chi connectivity index (χ4n) is 4.68. The number of hydrogen-bond donors (Lipinski definition) is 1. The number of benzene rings is 4. The van der Waals surface area contributed by atoms with Gasteiger partial charge in [-0.15, -0.1) is 0 Å². The maximum atomic E-state index is 13.8. The molecule has 4 aromatic carbocycles. The first kappa shape index (κ1) is 28.5. The molecule has 44 heavy (non-hydrogen) atoms. The molecule has 2 aromatic heterocycles. The third kappa shape index (κ3) is 5.70. The van der Waals surface area contributed by atoms with Gasteiger partial charge in [-0.05, 0) is 48.5 Å². The lowest BCUT2D eigenvalue weighted by Gasteiger charge is -2.14. The Morgan fingerprint density at radius 2 is 1.73 bits per heavy atom. The monoisotopic (exact) mass is 608 g/mol. The average molecular weight is 609 g/mol. The van der Waals surface area contributed by atoms with Gasteiger partial charge in [-0.2, -0.15) is 9.78 Å². The molecule has 11 heteroatoms. The minimum absolute atomic E-state index is 0.168. The van der Waals surface area contributed by atoms with Gasteiger partial charge >= 0.3 is 0 Å². The number of rotatable bonds is 9. The van der Waals surface area contributed by atoms with Crippen molar-refractivity contribution in [2.75, 3.05) is 26.1 Å². The van der Waals surface area contributed by atoms with Gasteiger partial charge in [0.05, 0.1) is 36.7 Å². The number of anilines is 1. The lowest BCUT2D eigenvalue weighted by atomic mass is 10.2. The molecule has 1 N–H and O–H groups in total. The predicted molar refractivity (Wildman–Crippen MR) is 169 cm³/mol. The van der Waals surface area contributed by atoms with E-state index in [0.717, 1.165) is 4.68 Å². The Bertz CT molecular complexity index is 2090. The Morgan fingerprint density at radius 1 is 0.955 bits per heavy atom. The number of fused-ring (bicyclic) bond motifs is 2. The summed E-state index contributed by atoms with van der Waals surface area (Å²) >= 11 is 6.38. The lowest BCUT2D eigenvalue weighted by molar-refractivity contribution is -0.118. The normalized spacial score (nSPS) is 11.2. The topological polar surface area (TPSA) is 117 Å². The quantitative estimate of drug-likeness (QED) is 0.189. The zero-order chi connectivity index (χ0) is 30.6. The first-order valence-corrected chi connectivity index (χ1v) is 13.8. The zero-order valence-electron chi connectivity index (χ0n) is 23.6. The van der Waals surface area contributed by atoms with E-state index in [2.05, 4.69) is 10.4 Å². The van der Waals surface area contributed by atoms with Gasteiger partial charge in [0.2, 0.25) is 5.82 Å². The van der Waals surface area contributed by atoms with Crippen LogP contribution in [0.1, 0.15) is 5.56 Å². The van der Waals surface area contributed by atoms with Gasteiger partial charge < -0.3 is 23.9 Å². The largest absolute Gasteiger partial charge is 0.496 e. The predicted octanol–water partition coefficient (Wildman–Crippen LogP) is 6.38. The minimum Gasteiger partial charge on any atom is -0.496 e. The second kappa shape index (κ2) is 12.3. The number of methoxy groups -OCH3 is 2. The van der Waals surface area contributed by atoms with E-state index in [0.29, 0.717) is 49.7 Å². The molecule has 2 heterocycles. The number of nitrogens with zero attached hydrogens (tertiary/aromatic N) is 3. The lowest BCUT2D eigenvalue weighted by Crippen LogP contribution is -2.21. The number of nitrogens with one attached hydrogen (secondary N) is 1. The Hall–Kier alpha value is -5.61. The smallest absolute Gasteiger partial charge is 0.282 e. The van der Waals surface area contributed by atoms with Crippen molar-refractivity contribution in [1.82, 2.24) is 9.66 Å². The molecule has 6 rings (SSSR count). The number of ether oxygens (including phenoxy) is 3. The molecule has 0 unspecified atom stereocenters. The third-order valence-electron chi connectivity index (χ3n) is 6.70. The highest BCUT2D eigenvalue weighted by molar-refractivity contribution is 6.31. The summed E-state index contributed by atoms with van der Waals surface area (Å²) in [6.45, 7) is -0.322. The molecular formula is C33H25ClN4O6. The summed E-state index contributed by atoms with van der Waals surface area (Å²) < 4.78 is 24.1. The van der Waals surface area contributed by atoms with Crippen LogP contribution in [0, 0.1) is 0 Å². The van der Waals surface area contributed by atoms with Crippen molar-refractivity contribution in [1.29, 1.82) is 0 Å². The van der Waals surface area contributed by atoms with Crippen LogP contribution in [0.3, 0.4) is 0 Å². The third-order valence-corrected chi connectivity index (χ3v) is 6.92. The molecule has 0 radical (unpaired) electrons. The van der Waals surface area contributed by atoms with Gasteiger partial charge in [0, 0.05) is 22.3 Å². The number of carbonyl (C=O) groups is 1. The van der Waals surface area contributed by atoms with Crippen LogP contribution in [-0.4, -0.2) is 42.6 Å². The fourth-order valence-corrected chi connectivity index (χ4v) is 4.90. The second-order valence-electron chi connectivity index (χ2n) is 9.53. The number of furan rings is 1. The Kier molecular flexibility index (Phi) is 7.98. The van der Waals surface area contributed by atoms with E-state index < -0.39 is 5.56 Å². The van der Waals surface area contributed by atoms with Crippen LogP contribution in [0.25, 0.3) is 33.5 Å². The maximum absolute atomic E-state index is 13.8. The number of para-hydroxylation sites is 2. The van der Waals surface area contributed by atoms with Gasteiger partial charge in [0.15, 0.2) is 23.9 Å². The molecule has 10 nitrogen and oxygen atoms in total. The fraction of sp³-hybridized carbons (Fsp3) is 0.0909. The summed E-state index contributed by atoms with van der Waals surface area (Å²) in [6.07, 6.45) is 1.39. The molecule has 0 spiro atoms. The molecule has 0 aliphatic heterocycles. The number of carbonyl (C=O) groups excluding carboxylic acids is 1. The van der Waals surface area contributed by atoms with Gasteiger partial charge in [-0.3, -0.25) is 9.59 Å². The molecular weight excluding hydrogens is 584 g/mol. The summed E-state index contributed by atoms with van der Waals surface area (Å²) in [7, 11) is 3.02. The van der Waals surface area contributed by atoms with Crippen LogP contribution in [0.5, 0.6) is 17.2 Å². The molecule has 1 amide bonds. The van der Waals surface area contributed by atoms with Crippen molar-refractivity contribution in [3.8, 4) is 28.8 Å². The van der Waals surface area contributed by atoms with E-state index in [9.17, 15) is 9.59 Å². The molecule has 6 aromatic rings.